The van der Waals surface area contributed by atoms with E-state index in [0.29, 0.717) is 36.1 Å². The van der Waals surface area contributed by atoms with Crippen LogP contribution in [0.25, 0.3) is 11.0 Å². The summed E-state index contributed by atoms with van der Waals surface area (Å²) >= 11 is 0. The monoisotopic (exact) mass is 355 g/mol. The summed E-state index contributed by atoms with van der Waals surface area (Å²) in [6, 6.07) is 14.2. The van der Waals surface area contributed by atoms with Crippen molar-refractivity contribution < 1.29 is 18.3 Å². The van der Waals surface area contributed by atoms with Gasteiger partial charge in [-0.05, 0) is 44.0 Å². The Kier molecular flexibility index (Phi) is 5.68. The predicted octanol–water partition coefficient (Wildman–Crippen LogP) is 4.78. The topological polar surface area (TPSA) is 51.5 Å². The highest BCUT2D eigenvalue weighted by molar-refractivity contribution is 5.98. The summed E-state index contributed by atoms with van der Waals surface area (Å²) in [4.78, 5) is 12.3. The van der Waals surface area contributed by atoms with Crippen molar-refractivity contribution in [3.8, 4) is 0 Å². The van der Waals surface area contributed by atoms with Crippen LogP contribution >= 0.6 is 0 Å². The lowest BCUT2D eigenvalue weighted by Gasteiger charge is -2.13. The largest absolute Gasteiger partial charge is 0.451 e. The van der Waals surface area contributed by atoms with Gasteiger partial charge in [0.1, 0.15) is 11.4 Å². The van der Waals surface area contributed by atoms with Gasteiger partial charge in [-0.3, -0.25) is 4.79 Å². The highest BCUT2D eigenvalue weighted by Crippen LogP contribution is 2.25. The van der Waals surface area contributed by atoms with Crippen molar-refractivity contribution in [2.24, 2.45) is 0 Å². The van der Waals surface area contributed by atoms with Crippen LogP contribution in [0.1, 0.15) is 41.1 Å². The smallest absolute Gasteiger partial charge is 0.287 e. The van der Waals surface area contributed by atoms with E-state index in [4.69, 9.17) is 9.15 Å². The van der Waals surface area contributed by atoms with Crippen molar-refractivity contribution in [1.29, 1.82) is 0 Å². The first-order valence-electron chi connectivity index (χ1n) is 8.69. The molecule has 0 saturated heterocycles. The van der Waals surface area contributed by atoms with Crippen LogP contribution in [0.15, 0.2) is 52.9 Å². The molecule has 0 fully saturated rings. The number of aryl methyl sites for hydroxylation is 1. The molecule has 2 aromatic carbocycles. The maximum Gasteiger partial charge on any atom is 0.287 e. The Labute approximate surface area is 152 Å². The predicted molar refractivity (Wildman–Crippen MR) is 98.7 cm³/mol. The van der Waals surface area contributed by atoms with E-state index in [1.165, 1.54) is 18.2 Å². The number of nitrogens with one attached hydrogen (secondary N) is 1. The van der Waals surface area contributed by atoms with Crippen molar-refractivity contribution in [2.45, 2.75) is 26.4 Å². The van der Waals surface area contributed by atoms with Gasteiger partial charge in [-0.2, -0.15) is 0 Å². The highest BCUT2D eigenvalue weighted by atomic mass is 19.1. The second-order valence-electron chi connectivity index (χ2n) is 6.23. The minimum Gasteiger partial charge on any atom is -0.451 e. The second kappa shape index (κ2) is 8.15. The lowest BCUT2D eigenvalue weighted by atomic mass is 10.1. The lowest BCUT2D eigenvalue weighted by Crippen LogP contribution is -2.25. The van der Waals surface area contributed by atoms with Crippen LogP contribution in [0.4, 0.5) is 4.39 Å². The van der Waals surface area contributed by atoms with Gasteiger partial charge in [0.2, 0.25) is 0 Å². The lowest BCUT2D eigenvalue weighted by molar-refractivity contribution is 0.0633. The fourth-order valence-electron chi connectivity index (χ4n) is 2.84. The van der Waals surface area contributed by atoms with Crippen molar-refractivity contribution in [1.82, 2.24) is 5.32 Å². The fraction of sp³-hybridized carbons (Fsp3) is 0.286. The third-order valence-electron chi connectivity index (χ3n) is 4.35. The van der Waals surface area contributed by atoms with E-state index in [9.17, 15) is 9.18 Å². The van der Waals surface area contributed by atoms with Gasteiger partial charge in [-0.1, -0.05) is 30.3 Å². The molecule has 136 valence electrons. The average Bonchev–Trinajstić information content (AvgIpc) is 2.98. The minimum atomic E-state index is -0.349. The number of carbonyl (C=O) groups is 1. The molecule has 1 amide bonds. The summed E-state index contributed by atoms with van der Waals surface area (Å²) in [5, 5.41) is 3.44. The normalized spacial score (nSPS) is 12.3. The number of fused-ring (bicyclic) bond motifs is 1. The summed E-state index contributed by atoms with van der Waals surface area (Å²) < 4.78 is 24.7. The molecular formula is C21H22FNO3. The maximum atomic E-state index is 13.3. The van der Waals surface area contributed by atoms with E-state index in [0.717, 1.165) is 5.56 Å². The molecule has 0 saturated carbocycles. The number of carbonyl (C=O) groups excluding carboxylic acids is 1. The molecular weight excluding hydrogens is 333 g/mol. The molecule has 1 unspecified atom stereocenters. The summed E-state index contributed by atoms with van der Waals surface area (Å²) in [5.41, 5.74) is 2.28. The van der Waals surface area contributed by atoms with Crippen molar-refractivity contribution >= 4 is 16.9 Å². The molecule has 4 nitrogen and oxygen atoms in total. The third kappa shape index (κ3) is 4.11. The van der Waals surface area contributed by atoms with Crippen LogP contribution in [0.5, 0.6) is 0 Å². The van der Waals surface area contributed by atoms with Crippen LogP contribution in [0, 0.1) is 12.7 Å². The average molecular weight is 355 g/mol. The standard InChI is InChI=1S/C21H22FNO3/c1-14-18-13-17(22)9-10-19(18)26-20(14)21(24)23-11-6-12-25-15(2)16-7-4-3-5-8-16/h3-5,7-10,13,15H,6,11-12H2,1-2H3,(H,23,24). The Morgan fingerprint density at radius 3 is 2.77 bits per heavy atom. The van der Waals surface area contributed by atoms with Crippen molar-refractivity contribution in [3.63, 3.8) is 0 Å². The van der Waals surface area contributed by atoms with Gasteiger partial charge in [-0.15, -0.1) is 0 Å². The first-order valence-corrected chi connectivity index (χ1v) is 8.69. The zero-order valence-electron chi connectivity index (χ0n) is 14.9. The van der Waals surface area contributed by atoms with E-state index < -0.39 is 0 Å². The number of amides is 1. The van der Waals surface area contributed by atoms with Crippen LogP contribution in [-0.4, -0.2) is 19.1 Å². The maximum absolute atomic E-state index is 13.3. The zero-order valence-corrected chi connectivity index (χ0v) is 14.9. The van der Waals surface area contributed by atoms with Gasteiger partial charge in [0.25, 0.3) is 5.91 Å². The quantitative estimate of drug-likeness (QED) is 0.621. The minimum absolute atomic E-state index is 0.0133. The molecule has 3 aromatic rings. The van der Waals surface area contributed by atoms with E-state index in [2.05, 4.69) is 5.32 Å². The van der Waals surface area contributed by atoms with E-state index in [1.54, 1.807) is 6.92 Å². The molecule has 26 heavy (non-hydrogen) atoms. The number of ether oxygens (including phenoxy) is 1. The van der Waals surface area contributed by atoms with E-state index in [-0.39, 0.29) is 23.6 Å². The van der Waals surface area contributed by atoms with Crippen LogP contribution < -0.4 is 5.32 Å². The molecule has 0 aliphatic heterocycles. The van der Waals surface area contributed by atoms with Gasteiger partial charge in [0, 0.05) is 24.1 Å². The first kappa shape index (κ1) is 18.1. The van der Waals surface area contributed by atoms with Gasteiger partial charge in [0.15, 0.2) is 5.76 Å². The van der Waals surface area contributed by atoms with Crippen LogP contribution in [0.3, 0.4) is 0 Å². The fourth-order valence-corrected chi connectivity index (χ4v) is 2.84. The number of hydrogen-bond donors (Lipinski definition) is 1. The summed E-state index contributed by atoms with van der Waals surface area (Å²) in [6.45, 7) is 4.78. The van der Waals surface area contributed by atoms with Crippen molar-refractivity contribution in [2.75, 3.05) is 13.2 Å². The molecule has 0 radical (unpaired) electrons. The van der Waals surface area contributed by atoms with Gasteiger partial charge >= 0.3 is 0 Å². The van der Waals surface area contributed by atoms with Crippen molar-refractivity contribution in [3.05, 3.63) is 71.2 Å². The number of halogens is 1. The second-order valence-corrected chi connectivity index (χ2v) is 6.23. The zero-order chi connectivity index (χ0) is 18.5. The summed E-state index contributed by atoms with van der Waals surface area (Å²) in [6.07, 6.45) is 0.705. The van der Waals surface area contributed by atoms with Gasteiger partial charge < -0.3 is 14.5 Å². The first-order chi connectivity index (χ1) is 12.6. The molecule has 1 atom stereocenters. The molecule has 5 heteroatoms. The number of hydrogen-bond acceptors (Lipinski definition) is 3. The molecule has 0 spiro atoms. The Bertz CT molecular complexity index is 889. The molecule has 0 aliphatic rings. The molecule has 0 bridgehead atoms. The molecule has 1 N–H and O–H groups in total. The van der Waals surface area contributed by atoms with E-state index in [1.807, 2.05) is 37.3 Å². The summed E-state index contributed by atoms with van der Waals surface area (Å²) in [5.74, 6) is -0.419. The summed E-state index contributed by atoms with van der Waals surface area (Å²) in [7, 11) is 0. The SMILES string of the molecule is Cc1c(C(=O)NCCCOC(C)c2ccccc2)oc2ccc(F)cc12. The Hall–Kier alpha value is -2.66. The van der Waals surface area contributed by atoms with Crippen LogP contribution in [-0.2, 0) is 4.74 Å². The molecule has 0 aliphatic carbocycles. The Morgan fingerprint density at radius 1 is 1.23 bits per heavy atom. The van der Waals surface area contributed by atoms with E-state index >= 15 is 0 Å². The molecule has 1 aromatic heterocycles. The number of benzene rings is 2. The van der Waals surface area contributed by atoms with Gasteiger partial charge in [-0.25, -0.2) is 4.39 Å². The van der Waals surface area contributed by atoms with Crippen LogP contribution in [0.2, 0.25) is 0 Å². The molecule has 3 rings (SSSR count). The molecule has 1 heterocycles. The van der Waals surface area contributed by atoms with Gasteiger partial charge in [0.05, 0.1) is 6.10 Å². The highest BCUT2D eigenvalue weighted by Gasteiger charge is 2.17. The third-order valence-corrected chi connectivity index (χ3v) is 4.35. The Balaban J connectivity index is 1.48. The number of furan rings is 1. The Morgan fingerprint density at radius 2 is 2.00 bits per heavy atom. The number of rotatable bonds is 7.